The van der Waals surface area contributed by atoms with Crippen LogP contribution in [0.2, 0.25) is 0 Å². The van der Waals surface area contributed by atoms with E-state index in [4.69, 9.17) is 0 Å². The van der Waals surface area contributed by atoms with Crippen LogP contribution < -0.4 is 5.32 Å². The SMILES string of the molecule is CCCCCCCCCCC/C=C\C/C=C\CCCCCCCCCCCCCCCCCCC(O)C(=O)NC(CO)C(O)C(O)CCC/C=C/CC/C=C/CC/C=C/CCCCCCCCCCCCCCCC. The molecule has 0 aliphatic carbocycles. The number of carbonyl (C=O) groups is 1. The van der Waals surface area contributed by atoms with Crippen molar-refractivity contribution in [3.63, 3.8) is 0 Å². The van der Waals surface area contributed by atoms with Crippen LogP contribution in [0.3, 0.4) is 0 Å². The molecule has 0 saturated carbocycles. The molecule has 5 N–H and O–H groups in total. The molecule has 0 aromatic carbocycles. The molecule has 0 aliphatic heterocycles. The van der Waals surface area contributed by atoms with Crippen molar-refractivity contribution >= 4 is 5.91 Å². The van der Waals surface area contributed by atoms with Gasteiger partial charge in [-0.15, -0.1) is 0 Å². The smallest absolute Gasteiger partial charge is 0.249 e. The third-order valence-electron chi connectivity index (χ3n) is 15.4. The van der Waals surface area contributed by atoms with Gasteiger partial charge in [0.1, 0.15) is 12.2 Å². The van der Waals surface area contributed by atoms with Crippen LogP contribution in [0.4, 0.5) is 0 Å². The Morgan fingerprint density at radius 1 is 0.333 bits per heavy atom. The van der Waals surface area contributed by atoms with Crippen LogP contribution in [0.5, 0.6) is 0 Å². The Hall–Kier alpha value is -1.99. The standard InChI is InChI=1S/C69H129NO5/c1-3-5-7-9-11-13-15-17-19-21-23-25-27-29-31-32-33-34-35-37-39-41-43-45-47-49-51-53-55-57-59-61-63-67(73)69(75)70-65(64-71)68(74)66(72)62-60-58-56-54-52-50-48-46-44-42-40-38-36-30-28-26-24-22-20-18-16-14-12-10-8-6-4-2/h23,25,29,31,38,40,46,48,54,56,65-68,71-74H,3-22,24,26-28,30,32-37,39,41-45,47,49-53,55,57-64H2,1-2H3,(H,70,75)/b25-23-,31-29-,40-38+,48-46+,56-54+. The second kappa shape index (κ2) is 62.8. The molecule has 0 aromatic heterocycles. The lowest BCUT2D eigenvalue weighted by Gasteiger charge is -2.27. The number of hydrogen-bond acceptors (Lipinski definition) is 5. The Balaban J connectivity index is 3.64. The van der Waals surface area contributed by atoms with Gasteiger partial charge in [-0.05, 0) is 96.3 Å². The summed E-state index contributed by atoms with van der Waals surface area (Å²) in [6.07, 6.45) is 83.3. The first-order chi connectivity index (χ1) is 37.0. The van der Waals surface area contributed by atoms with Gasteiger partial charge in [0.15, 0.2) is 0 Å². The molecule has 0 aliphatic rings. The van der Waals surface area contributed by atoms with E-state index >= 15 is 0 Å². The second-order valence-electron chi connectivity index (χ2n) is 22.8. The molecule has 75 heavy (non-hydrogen) atoms. The number of nitrogens with one attached hydrogen (secondary N) is 1. The van der Waals surface area contributed by atoms with Crippen molar-refractivity contribution in [2.75, 3.05) is 6.61 Å². The zero-order valence-corrected chi connectivity index (χ0v) is 50.0. The molecule has 6 heteroatoms. The molecule has 0 spiro atoms. The zero-order valence-electron chi connectivity index (χ0n) is 50.0. The molecule has 0 rings (SSSR count). The maximum absolute atomic E-state index is 12.6. The fourth-order valence-electron chi connectivity index (χ4n) is 10.2. The first-order valence-electron chi connectivity index (χ1n) is 33.2. The van der Waals surface area contributed by atoms with Gasteiger partial charge in [-0.3, -0.25) is 4.79 Å². The summed E-state index contributed by atoms with van der Waals surface area (Å²) in [6, 6.07) is -1.02. The highest BCUT2D eigenvalue weighted by Gasteiger charge is 2.28. The highest BCUT2D eigenvalue weighted by molar-refractivity contribution is 5.80. The molecule has 4 atom stereocenters. The average molecular weight is 1050 g/mol. The molecule has 0 heterocycles. The minimum atomic E-state index is -1.30. The average Bonchev–Trinajstić information content (AvgIpc) is 3.42. The number of rotatable bonds is 61. The van der Waals surface area contributed by atoms with Crippen molar-refractivity contribution in [3.05, 3.63) is 60.8 Å². The molecule has 6 nitrogen and oxygen atoms in total. The number of hydrogen-bond donors (Lipinski definition) is 5. The van der Waals surface area contributed by atoms with Gasteiger partial charge in [0.2, 0.25) is 5.91 Å². The first-order valence-corrected chi connectivity index (χ1v) is 33.2. The summed E-state index contributed by atoms with van der Waals surface area (Å²) in [5.41, 5.74) is 0. The topological polar surface area (TPSA) is 110 Å². The van der Waals surface area contributed by atoms with Gasteiger partial charge in [-0.1, -0.05) is 306 Å². The number of carbonyl (C=O) groups excluding carboxylic acids is 1. The molecule has 0 fully saturated rings. The van der Waals surface area contributed by atoms with Crippen LogP contribution in [0.1, 0.15) is 341 Å². The Kier molecular flexibility index (Phi) is 61.2. The number of allylic oxidation sites excluding steroid dienone is 10. The van der Waals surface area contributed by atoms with Crippen molar-refractivity contribution < 1.29 is 25.2 Å². The molecular weight excluding hydrogens is 923 g/mol. The minimum absolute atomic E-state index is 0.358. The summed E-state index contributed by atoms with van der Waals surface area (Å²) < 4.78 is 0. The molecular formula is C69H129NO5. The summed E-state index contributed by atoms with van der Waals surface area (Å²) >= 11 is 0. The zero-order chi connectivity index (χ0) is 54.4. The highest BCUT2D eigenvalue weighted by atomic mass is 16.3. The lowest BCUT2D eigenvalue weighted by Crippen LogP contribution is -2.53. The van der Waals surface area contributed by atoms with E-state index < -0.39 is 36.9 Å². The summed E-state index contributed by atoms with van der Waals surface area (Å²) in [7, 11) is 0. The van der Waals surface area contributed by atoms with E-state index in [1.54, 1.807) is 0 Å². The number of aliphatic hydroxyl groups excluding tert-OH is 4. The molecule has 0 saturated heterocycles. The Morgan fingerprint density at radius 2 is 0.600 bits per heavy atom. The highest BCUT2D eigenvalue weighted by Crippen LogP contribution is 2.18. The van der Waals surface area contributed by atoms with Gasteiger partial charge in [0.25, 0.3) is 0 Å². The van der Waals surface area contributed by atoms with E-state index in [0.717, 1.165) is 57.8 Å². The predicted molar refractivity (Wildman–Crippen MR) is 330 cm³/mol. The monoisotopic (exact) mass is 1050 g/mol. The number of unbranched alkanes of at least 4 members (excludes halogenated alkanes) is 42. The molecule has 0 radical (unpaired) electrons. The van der Waals surface area contributed by atoms with Crippen LogP contribution >= 0.6 is 0 Å². The summed E-state index contributed by atoms with van der Waals surface area (Å²) in [5.74, 6) is -0.597. The molecule has 1 amide bonds. The quantitative estimate of drug-likeness (QED) is 0.0308. The summed E-state index contributed by atoms with van der Waals surface area (Å²) in [6.45, 7) is 4.07. The molecule has 0 aromatic rings. The van der Waals surface area contributed by atoms with Crippen LogP contribution in [-0.4, -0.2) is 57.3 Å². The van der Waals surface area contributed by atoms with Gasteiger partial charge >= 0.3 is 0 Å². The lowest BCUT2D eigenvalue weighted by molar-refractivity contribution is -0.132. The normalized spacial score (nSPS) is 13.9. The van der Waals surface area contributed by atoms with Crippen molar-refractivity contribution in [1.29, 1.82) is 0 Å². The van der Waals surface area contributed by atoms with Crippen LogP contribution in [0.25, 0.3) is 0 Å². The third kappa shape index (κ3) is 56.5. The minimum Gasteiger partial charge on any atom is -0.394 e. The molecule has 440 valence electrons. The maximum atomic E-state index is 12.6. The number of amides is 1. The van der Waals surface area contributed by atoms with Gasteiger partial charge in [-0.2, -0.15) is 0 Å². The van der Waals surface area contributed by atoms with E-state index in [1.165, 1.54) is 250 Å². The van der Waals surface area contributed by atoms with Crippen molar-refractivity contribution in [2.24, 2.45) is 0 Å². The van der Waals surface area contributed by atoms with E-state index in [9.17, 15) is 25.2 Å². The Morgan fingerprint density at radius 3 is 0.920 bits per heavy atom. The largest absolute Gasteiger partial charge is 0.394 e. The first kappa shape index (κ1) is 73.0. The fourth-order valence-corrected chi connectivity index (χ4v) is 10.2. The Bertz CT molecular complexity index is 1270. The van der Waals surface area contributed by atoms with E-state index in [2.05, 4.69) is 79.9 Å². The lowest BCUT2D eigenvalue weighted by atomic mass is 10.00. The van der Waals surface area contributed by atoms with E-state index in [0.29, 0.717) is 19.3 Å². The summed E-state index contributed by atoms with van der Waals surface area (Å²) in [5, 5.41) is 44.1. The Labute approximate surface area is 467 Å². The van der Waals surface area contributed by atoms with Crippen molar-refractivity contribution in [1.82, 2.24) is 5.32 Å². The molecule has 4 unspecified atom stereocenters. The third-order valence-corrected chi connectivity index (χ3v) is 15.4. The van der Waals surface area contributed by atoms with E-state index in [-0.39, 0.29) is 0 Å². The summed E-state index contributed by atoms with van der Waals surface area (Å²) in [4.78, 5) is 12.6. The van der Waals surface area contributed by atoms with E-state index in [1.807, 2.05) is 0 Å². The fraction of sp³-hybridized carbons (Fsp3) is 0.841. The van der Waals surface area contributed by atoms with Crippen LogP contribution in [0.15, 0.2) is 60.8 Å². The number of aliphatic hydroxyl groups is 4. The molecule has 0 bridgehead atoms. The van der Waals surface area contributed by atoms with Gasteiger partial charge in [-0.25, -0.2) is 0 Å². The van der Waals surface area contributed by atoms with Crippen molar-refractivity contribution in [2.45, 2.75) is 366 Å². The second-order valence-corrected chi connectivity index (χ2v) is 22.8. The van der Waals surface area contributed by atoms with Gasteiger partial charge in [0.05, 0.1) is 18.8 Å². The van der Waals surface area contributed by atoms with Gasteiger partial charge in [0, 0.05) is 0 Å². The predicted octanol–water partition coefficient (Wildman–Crippen LogP) is 20.3. The van der Waals surface area contributed by atoms with Gasteiger partial charge < -0.3 is 25.7 Å². The van der Waals surface area contributed by atoms with Crippen molar-refractivity contribution in [3.8, 4) is 0 Å². The van der Waals surface area contributed by atoms with Crippen LogP contribution in [-0.2, 0) is 4.79 Å². The maximum Gasteiger partial charge on any atom is 0.249 e. The van der Waals surface area contributed by atoms with Crippen LogP contribution in [0, 0.1) is 0 Å².